The molecule has 0 saturated heterocycles. The lowest BCUT2D eigenvalue weighted by molar-refractivity contribution is 0.505. The largest absolute Gasteiger partial charge is 0.312 e. The zero-order valence-corrected chi connectivity index (χ0v) is 91.6. The van der Waals surface area contributed by atoms with Gasteiger partial charge in [-0.1, -0.05) is 353 Å². The van der Waals surface area contributed by atoms with E-state index in [2.05, 4.69) is 376 Å². The molecule has 0 spiro atoms. The van der Waals surface area contributed by atoms with E-state index in [1.807, 2.05) is 222 Å². The van der Waals surface area contributed by atoms with Crippen LogP contribution in [0.1, 0.15) is 189 Å². The standard InChI is InChI=1S/3C28H24.C19H16.8C3H9N.C2H6/c3*1-27(2)22-12-8-7-11-19(22)20-15-25-21(16-24(20)27)26-18-10-6-5-9-17(18)13-14-23(26)28(25,3)4;1-19(2)16-10-6-5-9-15(16)18-14-8-4-3-7-13(14)11-12-17(18)19;8*1-4(2)3;1-2/h3*5-16H,1-4H3;3-12H,1-2H3;8*1-3H3;1-2H3. The van der Waals surface area contributed by atoms with Crippen LogP contribution in [0, 0.1) is 0 Å². The summed E-state index contributed by atoms with van der Waals surface area (Å²) in [6.45, 7) is 37.1. The van der Waals surface area contributed by atoms with E-state index in [0.29, 0.717) is 0 Å². The smallest absolute Gasteiger partial charge is 0.0159 e. The van der Waals surface area contributed by atoms with Crippen molar-refractivity contribution in [1.82, 2.24) is 39.2 Å². The van der Waals surface area contributed by atoms with Crippen molar-refractivity contribution in [3.8, 4) is 77.9 Å². The molecule has 15 aromatic rings. The number of hydrogen-bond donors (Lipinski definition) is 0. The van der Waals surface area contributed by atoms with Crippen LogP contribution in [0.3, 0.4) is 0 Å². The number of benzene rings is 15. The van der Waals surface area contributed by atoms with Gasteiger partial charge in [0.25, 0.3) is 0 Å². The maximum absolute atomic E-state index is 2.50. The second kappa shape index (κ2) is 44.0. The summed E-state index contributed by atoms with van der Waals surface area (Å²) < 4.78 is 0. The summed E-state index contributed by atoms with van der Waals surface area (Å²) in [4.78, 5) is 16.0. The Labute approximate surface area is 829 Å². The molecule has 0 atom stereocenters. The molecule has 7 aliphatic rings. The quantitative estimate of drug-likeness (QED) is 0.148. The number of rotatable bonds is 0. The lowest BCUT2D eigenvalue weighted by Crippen LogP contribution is -2.16. The van der Waals surface area contributed by atoms with Gasteiger partial charge in [0, 0.05) is 37.9 Å². The van der Waals surface area contributed by atoms with E-state index in [0.717, 1.165) is 0 Å². The lowest BCUT2D eigenvalue weighted by atomic mass is 9.79. The Kier molecular flexibility index (Phi) is 34.7. The Hall–Kier alpha value is -11.0. The zero-order valence-electron chi connectivity index (χ0n) is 91.6. The van der Waals surface area contributed by atoms with Crippen LogP contribution in [-0.2, 0) is 37.9 Å². The summed E-state index contributed by atoms with van der Waals surface area (Å²) in [5.74, 6) is 0. The van der Waals surface area contributed by atoms with Crippen molar-refractivity contribution in [3.63, 3.8) is 0 Å². The third-order valence-corrected chi connectivity index (χ3v) is 26.3. The first-order valence-electron chi connectivity index (χ1n) is 49.2. The minimum atomic E-state index is 0.0193. The first-order valence-corrected chi connectivity index (χ1v) is 49.2. The summed E-state index contributed by atoms with van der Waals surface area (Å²) in [5, 5.41) is 10.8. The van der Waals surface area contributed by atoms with Gasteiger partial charge >= 0.3 is 0 Å². The average Bonchev–Trinajstić information content (AvgIpc) is 1.72. The normalized spacial score (nSPS) is 14.8. The first-order chi connectivity index (χ1) is 64.3. The maximum atomic E-state index is 2.50. The highest BCUT2D eigenvalue weighted by Gasteiger charge is 2.47. The highest BCUT2D eigenvalue weighted by Crippen LogP contribution is 2.62. The third-order valence-electron chi connectivity index (χ3n) is 26.3. The van der Waals surface area contributed by atoms with Gasteiger partial charge < -0.3 is 39.2 Å². The number of nitrogens with zero attached hydrogens (tertiary/aromatic N) is 8. The van der Waals surface area contributed by atoms with Gasteiger partial charge in [-0.2, -0.15) is 0 Å². The van der Waals surface area contributed by atoms with Gasteiger partial charge in [-0.3, -0.25) is 0 Å². The van der Waals surface area contributed by atoms with Crippen LogP contribution in [0.5, 0.6) is 0 Å². The third kappa shape index (κ3) is 22.7. The molecule has 0 radical (unpaired) electrons. The van der Waals surface area contributed by atoms with Crippen LogP contribution in [0.25, 0.3) is 121 Å². The molecule has 0 unspecified atom stereocenters. The average molecular weight is 1830 g/mol. The fraction of sp³-hybridized carbons (Fsp3) is 0.364. The van der Waals surface area contributed by atoms with Crippen LogP contribution in [0.4, 0.5) is 0 Å². The first kappa shape index (κ1) is 108. The predicted molar refractivity (Wildman–Crippen MR) is 607 cm³/mol. The molecule has 0 fully saturated rings. The van der Waals surface area contributed by atoms with Crippen molar-refractivity contribution in [1.29, 1.82) is 0 Å². The highest BCUT2D eigenvalue weighted by atomic mass is 15.0. The molecule has 0 aromatic heterocycles. The fourth-order valence-corrected chi connectivity index (χ4v) is 20.6. The molecule has 7 aliphatic carbocycles. The molecule has 137 heavy (non-hydrogen) atoms. The summed E-state index contributed by atoms with van der Waals surface area (Å²) >= 11 is 0. The van der Waals surface area contributed by atoms with E-state index in [1.165, 1.54) is 199 Å². The molecule has 0 bridgehead atoms. The van der Waals surface area contributed by atoms with Gasteiger partial charge in [0.15, 0.2) is 0 Å². The van der Waals surface area contributed by atoms with Crippen molar-refractivity contribution in [2.45, 2.75) is 149 Å². The number of hydrogen-bond acceptors (Lipinski definition) is 8. The van der Waals surface area contributed by atoms with Crippen molar-refractivity contribution in [2.24, 2.45) is 0 Å². The van der Waals surface area contributed by atoms with Gasteiger partial charge in [-0.15, -0.1) is 0 Å². The van der Waals surface area contributed by atoms with Crippen LogP contribution in [-0.4, -0.2) is 208 Å². The predicted octanol–water partition coefficient (Wildman–Crippen LogP) is 30.0. The second-order valence-electron chi connectivity index (χ2n) is 45.0. The topological polar surface area (TPSA) is 25.9 Å². The van der Waals surface area contributed by atoms with Crippen LogP contribution in [0.2, 0.25) is 0 Å². The second-order valence-corrected chi connectivity index (χ2v) is 45.0. The Morgan fingerprint density at radius 2 is 0.270 bits per heavy atom. The van der Waals surface area contributed by atoms with Gasteiger partial charge in [-0.05, 0) is 404 Å². The molecule has 722 valence electrons. The van der Waals surface area contributed by atoms with Gasteiger partial charge in [-0.25, -0.2) is 0 Å². The lowest BCUT2D eigenvalue weighted by Gasteiger charge is -2.24. The van der Waals surface area contributed by atoms with Crippen LogP contribution in [0.15, 0.2) is 279 Å². The van der Waals surface area contributed by atoms with Gasteiger partial charge in [0.2, 0.25) is 0 Å². The van der Waals surface area contributed by atoms with Crippen molar-refractivity contribution in [3.05, 3.63) is 357 Å². The molecule has 15 aromatic carbocycles. The van der Waals surface area contributed by atoms with Gasteiger partial charge in [0.1, 0.15) is 0 Å². The summed E-state index contributed by atoms with van der Waals surface area (Å²) in [6, 6.07) is 104. The number of fused-ring (bicyclic) bond motifs is 29. The molecule has 0 aliphatic heterocycles. The van der Waals surface area contributed by atoms with Crippen LogP contribution < -0.4 is 0 Å². The molecule has 8 nitrogen and oxygen atoms in total. The maximum Gasteiger partial charge on any atom is 0.0159 e. The monoisotopic (exact) mass is 1830 g/mol. The van der Waals surface area contributed by atoms with E-state index in [1.54, 1.807) is 0 Å². The van der Waals surface area contributed by atoms with Crippen molar-refractivity contribution < 1.29 is 0 Å². The molecule has 0 N–H and O–H groups in total. The molecular weight excluding hydrogens is 1660 g/mol. The van der Waals surface area contributed by atoms with E-state index < -0.39 is 0 Å². The molecule has 0 heterocycles. The van der Waals surface area contributed by atoms with E-state index >= 15 is 0 Å². The minimum Gasteiger partial charge on any atom is -0.312 e. The molecule has 22 rings (SSSR count). The summed E-state index contributed by atoms with van der Waals surface area (Å²) in [5.41, 5.74) is 40.6. The zero-order chi connectivity index (χ0) is 101. The SMILES string of the molecule is CC.CC1(C)c2ccccc2-c2c1ccc1ccccc21.CC1(C)c2ccccc2-c2cc3c(cc21)-c1c(ccc2ccccc12)C3(C)C.CC1(C)c2ccccc2-c2cc3c(cc21)-c1c(ccc2ccccc12)C3(C)C.CC1(C)c2ccccc2-c2cc3c(cc21)-c1c(ccc2ccccc12)C3(C)C.CN(C)C.CN(C)C.CN(C)C.CN(C)C.CN(C)C.CN(C)C.CN(C)C.CN(C)C. The highest BCUT2D eigenvalue weighted by molar-refractivity contribution is 6.08. The molecule has 0 amide bonds. The minimum absolute atomic E-state index is 0.0193. The van der Waals surface area contributed by atoms with Crippen molar-refractivity contribution in [2.75, 3.05) is 169 Å². The Morgan fingerprint density at radius 1 is 0.131 bits per heavy atom. The molecule has 8 heteroatoms. The van der Waals surface area contributed by atoms with E-state index in [-0.39, 0.29) is 37.9 Å². The van der Waals surface area contributed by atoms with Gasteiger partial charge in [0.05, 0.1) is 0 Å². The summed E-state index contributed by atoms with van der Waals surface area (Å²) in [7, 11) is 48.0. The fourth-order valence-electron chi connectivity index (χ4n) is 20.6. The van der Waals surface area contributed by atoms with E-state index in [9.17, 15) is 0 Å². The molecular formula is C129H166N8. The van der Waals surface area contributed by atoms with E-state index in [4.69, 9.17) is 0 Å². The summed E-state index contributed by atoms with van der Waals surface area (Å²) in [6.07, 6.45) is 0. The Balaban J connectivity index is 0.000000170. The van der Waals surface area contributed by atoms with Crippen molar-refractivity contribution >= 4 is 43.1 Å². The Bertz CT molecular complexity index is 6120. The molecule has 0 saturated carbocycles. The Morgan fingerprint density at radius 3 is 0.482 bits per heavy atom. The van der Waals surface area contributed by atoms with Crippen LogP contribution >= 0.6 is 0 Å².